The number of nitrogens with zero attached hydrogens (tertiary/aromatic N) is 2. The second-order valence-electron chi connectivity index (χ2n) is 7.04. The van der Waals surface area contributed by atoms with E-state index >= 15 is 0 Å². The van der Waals surface area contributed by atoms with E-state index in [2.05, 4.69) is 9.98 Å². The Morgan fingerprint density at radius 3 is 2.32 bits per heavy atom. The molecule has 0 atom stereocenters. The molecule has 154 valence electrons. The van der Waals surface area contributed by atoms with Crippen LogP contribution in [0.15, 0.2) is 96.0 Å². The molecule has 0 aliphatic heterocycles. The largest absolute Gasteiger partial charge is 0.507 e. The number of aromatic nitrogens is 1. The summed E-state index contributed by atoms with van der Waals surface area (Å²) >= 11 is 0. The number of phenols is 2. The van der Waals surface area contributed by atoms with E-state index in [1.165, 1.54) is 0 Å². The van der Waals surface area contributed by atoms with Crippen LogP contribution in [0.1, 0.15) is 5.69 Å². The van der Waals surface area contributed by atoms with Crippen LogP contribution in [0.5, 0.6) is 11.5 Å². The summed E-state index contributed by atoms with van der Waals surface area (Å²) in [5, 5.41) is 24.4. The predicted octanol–water partition coefficient (Wildman–Crippen LogP) is 6.21. The first-order chi connectivity index (χ1) is 14.7. The van der Waals surface area contributed by atoms with Gasteiger partial charge in [0.05, 0.1) is 23.3 Å². The van der Waals surface area contributed by atoms with Gasteiger partial charge in [0.15, 0.2) is 0 Å². The molecule has 4 nitrogen and oxygen atoms in total. The number of aliphatic imine (C=N–C) groups is 1. The van der Waals surface area contributed by atoms with Gasteiger partial charge in [-0.2, -0.15) is 0 Å². The molecule has 0 bridgehead atoms. The number of phenolic OH excluding ortho intramolecular Hbond substituents is 2. The summed E-state index contributed by atoms with van der Waals surface area (Å²) in [6, 6.07) is 28.3. The fourth-order valence-corrected chi connectivity index (χ4v) is 3.68. The second kappa shape index (κ2) is 8.71. The molecular weight excluding hydrogens is 567 g/mol. The summed E-state index contributed by atoms with van der Waals surface area (Å²) in [6.07, 6.45) is 1.67. The maximum atomic E-state index is 10.7. The van der Waals surface area contributed by atoms with Crippen LogP contribution in [-0.4, -0.2) is 21.4 Å². The van der Waals surface area contributed by atoms with Gasteiger partial charge in [0.1, 0.15) is 11.5 Å². The standard InChI is InChI=1S/C26H18N2O2.Pt/c29-24-13-4-8-18-7-3-12-23(25(18)24)27-16-19-9-5-11-22(28-19)21-15-14-17-6-1-2-10-20(17)26(21)30;/h1-16,29-30H;. The van der Waals surface area contributed by atoms with E-state index in [0.29, 0.717) is 28.0 Å². The number of fused-ring (bicyclic) bond motifs is 2. The van der Waals surface area contributed by atoms with Crippen molar-refractivity contribution in [2.24, 2.45) is 4.99 Å². The van der Waals surface area contributed by atoms with Crippen LogP contribution in [0.25, 0.3) is 32.8 Å². The Hall–Kier alpha value is -3.49. The van der Waals surface area contributed by atoms with Crippen LogP contribution in [-0.2, 0) is 21.1 Å². The molecule has 5 rings (SSSR count). The van der Waals surface area contributed by atoms with Gasteiger partial charge in [-0.25, -0.2) is 4.98 Å². The second-order valence-corrected chi connectivity index (χ2v) is 7.04. The Morgan fingerprint density at radius 1 is 0.710 bits per heavy atom. The normalized spacial score (nSPS) is 11.1. The number of benzene rings is 4. The quantitative estimate of drug-likeness (QED) is 0.248. The zero-order valence-electron chi connectivity index (χ0n) is 16.3. The Kier molecular flexibility index (Phi) is 5.83. The van der Waals surface area contributed by atoms with Crippen molar-refractivity contribution in [1.29, 1.82) is 0 Å². The summed E-state index contributed by atoms with van der Waals surface area (Å²) < 4.78 is 0. The van der Waals surface area contributed by atoms with Gasteiger partial charge in [-0.15, -0.1) is 0 Å². The molecule has 0 saturated carbocycles. The van der Waals surface area contributed by atoms with Gasteiger partial charge in [0.2, 0.25) is 0 Å². The minimum absolute atomic E-state index is 0. The molecule has 1 aromatic heterocycles. The Labute approximate surface area is 193 Å². The molecule has 1 heterocycles. The van der Waals surface area contributed by atoms with Crippen molar-refractivity contribution in [3.8, 4) is 22.8 Å². The molecule has 0 amide bonds. The average molecular weight is 586 g/mol. The first-order valence-electron chi connectivity index (χ1n) is 9.63. The molecular formula is C26H18N2O2Pt. The fourth-order valence-electron chi connectivity index (χ4n) is 3.68. The summed E-state index contributed by atoms with van der Waals surface area (Å²) in [5.74, 6) is 0.414. The van der Waals surface area contributed by atoms with Crippen LogP contribution in [0.3, 0.4) is 0 Å². The van der Waals surface area contributed by atoms with Crippen molar-refractivity contribution in [2.45, 2.75) is 0 Å². The maximum absolute atomic E-state index is 10.7. The molecule has 2 N–H and O–H groups in total. The third-order valence-corrected chi connectivity index (χ3v) is 5.14. The van der Waals surface area contributed by atoms with Gasteiger partial charge in [-0.05, 0) is 41.1 Å². The third-order valence-electron chi connectivity index (χ3n) is 5.14. The van der Waals surface area contributed by atoms with Gasteiger partial charge < -0.3 is 10.2 Å². The van der Waals surface area contributed by atoms with Crippen molar-refractivity contribution < 1.29 is 31.3 Å². The fraction of sp³-hybridized carbons (Fsp3) is 0. The zero-order valence-corrected chi connectivity index (χ0v) is 18.6. The van der Waals surface area contributed by atoms with Crippen LogP contribution in [0.2, 0.25) is 0 Å². The van der Waals surface area contributed by atoms with Crippen molar-refractivity contribution in [1.82, 2.24) is 4.98 Å². The molecule has 0 fully saturated rings. The number of aromatic hydroxyl groups is 2. The van der Waals surface area contributed by atoms with E-state index in [0.717, 1.165) is 16.2 Å². The predicted molar refractivity (Wildman–Crippen MR) is 122 cm³/mol. The first-order valence-corrected chi connectivity index (χ1v) is 9.63. The molecule has 0 saturated heterocycles. The van der Waals surface area contributed by atoms with Gasteiger partial charge >= 0.3 is 0 Å². The summed E-state index contributed by atoms with van der Waals surface area (Å²) in [6.45, 7) is 0. The van der Waals surface area contributed by atoms with Gasteiger partial charge in [-0.3, -0.25) is 4.99 Å². The van der Waals surface area contributed by atoms with E-state index in [-0.39, 0.29) is 32.6 Å². The van der Waals surface area contributed by atoms with E-state index in [1.54, 1.807) is 12.3 Å². The molecule has 5 heteroatoms. The molecule has 0 radical (unpaired) electrons. The monoisotopic (exact) mass is 585 g/mol. The zero-order chi connectivity index (χ0) is 20.5. The molecule has 31 heavy (non-hydrogen) atoms. The smallest absolute Gasteiger partial charge is 0.132 e. The van der Waals surface area contributed by atoms with E-state index in [4.69, 9.17) is 0 Å². The van der Waals surface area contributed by atoms with Crippen LogP contribution < -0.4 is 0 Å². The third kappa shape index (κ3) is 3.95. The van der Waals surface area contributed by atoms with Gasteiger partial charge in [0.25, 0.3) is 0 Å². The van der Waals surface area contributed by atoms with Crippen LogP contribution in [0, 0.1) is 0 Å². The van der Waals surface area contributed by atoms with Gasteiger partial charge in [0, 0.05) is 37.4 Å². The molecule has 0 spiro atoms. The van der Waals surface area contributed by atoms with E-state index in [1.807, 2.05) is 84.9 Å². The molecule has 0 aliphatic carbocycles. The van der Waals surface area contributed by atoms with Crippen molar-refractivity contribution >= 4 is 33.4 Å². The number of hydrogen-bond acceptors (Lipinski definition) is 4. The minimum atomic E-state index is 0. The van der Waals surface area contributed by atoms with E-state index in [9.17, 15) is 10.2 Å². The van der Waals surface area contributed by atoms with Crippen molar-refractivity contribution in [2.75, 3.05) is 0 Å². The maximum Gasteiger partial charge on any atom is 0.132 e. The minimum Gasteiger partial charge on any atom is -0.507 e. The number of pyridine rings is 1. The van der Waals surface area contributed by atoms with Crippen LogP contribution in [0.4, 0.5) is 5.69 Å². The molecule has 0 aliphatic rings. The first kappa shape index (κ1) is 20.8. The topological polar surface area (TPSA) is 65.7 Å². The van der Waals surface area contributed by atoms with Crippen LogP contribution >= 0.6 is 0 Å². The van der Waals surface area contributed by atoms with Crippen molar-refractivity contribution in [3.05, 3.63) is 96.7 Å². The number of hydrogen-bond donors (Lipinski definition) is 2. The number of rotatable bonds is 3. The van der Waals surface area contributed by atoms with E-state index < -0.39 is 0 Å². The average Bonchev–Trinajstić information content (AvgIpc) is 2.78. The SMILES string of the molecule is Oc1c(-c2cccc(C=Nc3cccc4cccc(O)c34)n2)ccc2ccccc12.[Pt]. The summed E-state index contributed by atoms with van der Waals surface area (Å²) in [7, 11) is 0. The Morgan fingerprint density at radius 2 is 1.45 bits per heavy atom. The summed E-state index contributed by atoms with van der Waals surface area (Å²) in [4.78, 5) is 9.22. The molecule has 4 aromatic carbocycles. The van der Waals surface area contributed by atoms with Gasteiger partial charge in [-0.1, -0.05) is 60.7 Å². The van der Waals surface area contributed by atoms with Crippen molar-refractivity contribution in [3.63, 3.8) is 0 Å². The Bertz CT molecular complexity index is 1420. The molecule has 5 aromatic rings. The Balaban J connectivity index is 0.00000231. The summed E-state index contributed by atoms with van der Waals surface area (Å²) in [5.41, 5.74) is 2.67. The molecule has 0 unspecified atom stereocenters.